The van der Waals surface area contributed by atoms with E-state index < -0.39 is 41.2 Å². The van der Waals surface area contributed by atoms with Gasteiger partial charge in [0.2, 0.25) is 0 Å². The van der Waals surface area contributed by atoms with Crippen LogP contribution in [0.3, 0.4) is 0 Å². The highest BCUT2D eigenvalue weighted by atomic mass is 19.4. The largest absolute Gasteiger partial charge is 0.466 e. The fraction of sp³-hybridized carbons (Fsp3) is 0.500. The first kappa shape index (κ1) is 19.0. The van der Waals surface area contributed by atoms with Crippen molar-refractivity contribution in [2.24, 2.45) is 5.92 Å². The van der Waals surface area contributed by atoms with E-state index in [0.717, 1.165) is 12.1 Å². The van der Waals surface area contributed by atoms with Crippen molar-refractivity contribution in [3.63, 3.8) is 0 Å². The molecular weight excluding hydrogens is 344 g/mol. The highest BCUT2D eigenvalue weighted by Crippen LogP contribution is 2.34. The molecule has 25 heavy (non-hydrogen) atoms. The average Bonchev–Trinajstić information content (AvgIpc) is 2.56. The molecule has 9 heteroatoms. The first-order chi connectivity index (χ1) is 11.7. The van der Waals surface area contributed by atoms with Gasteiger partial charge in [-0.2, -0.15) is 13.2 Å². The molecule has 1 aliphatic rings. The molecule has 0 bridgehead atoms. The number of likely N-dealkylation sites (tertiary alicyclic amines) is 1. The average molecular weight is 362 g/mol. The van der Waals surface area contributed by atoms with Crippen LogP contribution in [0.15, 0.2) is 18.2 Å². The summed E-state index contributed by atoms with van der Waals surface area (Å²) < 4.78 is 57.0. The van der Waals surface area contributed by atoms with E-state index in [1.807, 2.05) is 0 Å². The van der Waals surface area contributed by atoms with Crippen LogP contribution in [0.25, 0.3) is 0 Å². The Hall–Kier alpha value is -2.32. The number of anilines is 1. The maximum absolute atomic E-state index is 14.0. The molecule has 1 saturated heterocycles. The minimum Gasteiger partial charge on any atom is -0.466 e. The van der Waals surface area contributed by atoms with Gasteiger partial charge in [-0.05, 0) is 31.9 Å². The van der Waals surface area contributed by atoms with Crippen molar-refractivity contribution in [2.45, 2.75) is 25.9 Å². The topological polar surface area (TPSA) is 58.6 Å². The number of alkyl halides is 3. The molecule has 2 amide bonds. The molecule has 1 aromatic carbocycles. The summed E-state index contributed by atoms with van der Waals surface area (Å²) in [6.45, 7) is 2.28. The summed E-state index contributed by atoms with van der Waals surface area (Å²) in [6.07, 6.45) is -3.76. The summed E-state index contributed by atoms with van der Waals surface area (Å²) in [5.41, 5.74) is -2.01. The third-order valence-electron chi connectivity index (χ3n) is 3.87. The maximum atomic E-state index is 14.0. The normalized spacial score (nSPS) is 18.0. The van der Waals surface area contributed by atoms with Gasteiger partial charge in [-0.25, -0.2) is 9.18 Å². The van der Waals surface area contributed by atoms with E-state index in [4.69, 9.17) is 4.74 Å². The van der Waals surface area contributed by atoms with Crippen LogP contribution < -0.4 is 5.32 Å². The Kier molecular flexibility index (Phi) is 5.86. The molecule has 1 unspecified atom stereocenters. The lowest BCUT2D eigenvalue weighted by Crippen LogP contribution is -2.44. The number of halogens is 4. The number of esters is 1. The summed E-state index contributed by atoms with van der Waals surface area (Å²) >= 11 is 0. The van der Waals surface area contributed by atoms with Gasteiger partial charge in [0.05, 0.1) is 23.8 Å². The van der Waals surface area contributed by atoms with Crippen molar-refractivity contribution in [1.82, 2.24) is 4.90 Å². The SMILES string of the molecule is CCOC(=O)C1CCCN(C(=O)Nc2cccc(C(F)(F)F)c2F)C1. The number of carbonyl (C=O) groups excluding carboxylic acids is 2. The molecule has 1 aliphatic heterocycles. The van der Waals surface area contributed by atoms with Crippen molar-refractivity contribution in [1.29, 1.82) is 0 Å². The molecular formula is C16H18F4N2O3. The van der Waals surface area contributed by atoms with Crippen LogP contribution in [0.5, 0.6) is 0 Å². The first-order valence-corrected chi connectivity index (χ1v) is 7.82. The quantitative estimate of drug-likeness (QED) is 0.660. The van der Waals surface area contributed by atoms with Crippen molar-refractivity contribution < 1.29 is 31.9 Å². The highest BCUT2D eigenvalue weighted by molar-refractivity contribution is 5.90. The van der Waals surface area contributed by atoms with Gasteiger partial charge in [0.15, 0.2) is 5.82 Å². The van der Waals surface area contributed by atoms with Crippen molar-refractivity contribution in [2.75, 3.05) is 25.0 Å². The third-order valence-corrected chi connectivity index (χ3v) is 3.87. The summed E-state index contributed by atoms with van der Waals surface area (Å²) in [5.74, 6) is -2.46. The van der Waals surface area contributed by atoms with Gasteiger partial charge >= 0.3 is 18.2 Å². The van der Waals surface area contributed by atoms with Gasteiger partial charge < -0.3 is 15.0 Å². The molecule has 0 aromatic heterocycles. The molecule has 0 spiro atoms. The smallest absolute Gasteiger partial charge is 0.419 e. The number of benzene rings is 1. The van der Waals surface area contributed by atoms with E-state index in [1.54, 1.807) is 6.92 Å². The fourth-order valence-electron chi connectivity index (χ4n) is 2.66. The van der Waals surface area contributed by atoms with Crippen LogP contribution in [-0.4, -0.2) is 36.6 Å². The van der Waals surface area contributed by atoms with Gasteiger partial charge in [0.1, 0.15) is 0 Å². The molecule has 1 atom stereocenters. The van der Waals surface area contributed by atoms with E-state index >= 15 is 0 Å². The van der Waals surface area contributed by atoms with Crippen LogP contribution in [0.4, 0.5) is 28.0 Å². The molecule has 2 rings (SSSR count). The summed E-state index contributed by atoms with van der Waals surface area (Å²) in [7, 11) is 0. The molecule has 1 heterocycles. The Morgan fingerprint density at radius 2 is 2.08 bits per heavy atom. The molecule has 1 N–H and O–H groups in total. The van der Waals surface area contributed by atoms with Gasteiger partial charge in [-0.1, -0.05) is 6.07 Å². The number of nitrogens with zero attached hydrogens (tertiary/aromatic N) is 1. The zero-order valence-electron chi connectivity index (χ0n) is 13.5. The van der Waals surface area contributed by atoms with Crippen LogP contribution in [0.1, 0.15) is 25.3 Å². The fourth-order valence-corrected chi connectivity index (χ4v) is 2.66. The monoisotopic (exact) mass is 362 g/mol. The van der Waals surface area contributed by atoms with E-state index in [-0.39, 0.29) is 13.2 Å². The summed E-state index contributed by atoms with van der Waals surface area (Å²) in [6, 6.07) is 1.91. The van der Waals surface area contributed by atoms with Crippen molar-refractivity contribution in [3.8, 4) is 0 Å². The number of rotatable bonds is 3. The molecule has 1 aromatic rings. The lowest BCUT2D eigenvalue weighted by molar-refractivity contribution is -0.149. The van der Waals surface area contributed by atoms with Crippen molar-refractivity contribution in [3.05, 3.63) is 29.6 Å². The molecule has 1 fully saturated rings. The predicted octanol–water partition coefficient (Wildman–Crippen LogP) is 3.65. The van der Waals surface area contributed by atoms with Gasteiger partial charge in [0.25, 0.3) is 0 Å². The Balaban J connectivity index is 2.08. The predicted molar refractivity (Wildman–Crippen MR) is 81.4 cm³/mol. The minimum atomic E-state index is -4.86. The van der Waals surface area contributed by atoms with Gasteiger partial charge in [-0.15, -0.1) is 0 Å². The van der Waals surface area contributed by atoms with E-state index in [0.29, 0.717) is 25.5 Å². The number of carbonyl (C=O) groups is 2. The number of nitrogens with one attached hydrogen (secondary N) is 1. The molecule has 0 radical (unpaired) electrons. The summed E-state index contributed by atoms with van der Waals surface area (Å²) in [5, 5.41) is 2.14. The zero-order chi connectivity index (χ0) is 18.6. The van der Waals surface area contributed by atoms with Gasteiger partial charge in [0, 0.05) is 13.1 Å². The van der Waals surface area contributed by atoms with Crippen LogP contribution in [-0.2, 0) is 15.7 Å². The lowest BCUT2D eigenvalue weighted by Gasteiger charge is -2.31. The number of amides is 2. The van der Waals surface area contributed by atoms with Crippen LogP contribution >= 0.6 is 0 Å². The van der Waals surface area contributed by atoms with Crippen molar-refractivity contribution >= 4 is 17.7 Å². The Morgan fingerprint density at radius 3 is 2.72 bits per heavy atom. The second-order valence-electron chi connectivity index (χ2n) is 5.63. The second kappa shape index (κ2) is 7.71. The van der Waals surface area contributed by atoms with E-state index in [1.165, 1.54) is 4.90 Å². The third kappa shape index (κ3) is 4.61. The van der Waals surface area contributed by atoms with E-state index in [9.17, 15) is 27.2 Å². The Morgan fingerprint density at radius 1 is 1.36 bits per heavy atom. The lowest BCUT2D eigenvalue weighted by atomic mass is 9.98. The minimum absolute atomic E-state index is 0.0747. The molecule has 138 valence electrons. The van der Waals surface area contributed by atoms with Crippen LogP contribution in [0, 0.1) is 11.7 Å². The summed E-state index contributed by atoms with van der Waals surface area (Å²) in [4.78, 5) is 25.3. The zero-order valence-corrected chi connectivity index (χ0v) is 13.5. The standard InChI is InChI=1S/C16H18F4N2O3/c1-2-25-14(23)10-5-4-8-22(9-10)15(24)21-12-7-3-6-11(13(12)17)16(18,19)20/h3,6-7,10H,2,4-5,8-9H2,1H3,(H,21,24). The molecule has 0 saturated carbocycles. The Labute approximate surface area is 141 Å². The highest BCUT2D eigenvalue weighted by Gasteiger charge is 2.35. The van der Waals surface area contributed by atoms with Crippen LogP contribution in [0.2, 0.25) is 0 Å². The molecule has 0 aliphatic carbocycles. The van der Waals surface area contributed by atoms with E-state index in [2.05, 4.69) is 5.32 Å². The van der Waals surface area contributed by atoms with Gasteiger partial charge in [-0.3, -0.25) is 4.79 Å². The number of hydrogen-bond acceptors (Lipinski definition) is 3. The number of ether oxygens (including phenoxy) is 1. The molecule has 5 nitrogen and oxygen atoms in total. The second-order valence-corrected chi connectivity index (χ2v) is 5.63. The Bertz CT molecular complexity index is 649. The number of hydrogen-bond donors (Lipinski definition) is 1. The number of piperidine rings is 1. The number of urea groups is 1. The maximum Gasteiger partial charge on any atom is 0.419 e. The first-order valence-electron chi connectivity index (χ1n) is 7.82.